The molecule has 3 rings (SSSR count). The van der Waals surface area contributed by atoms with Gasteiger partial charge in [0.2, 0.25) is 0 Å². The van der Waals surface area contributed by atoms with E-state index in [1.165, 1.54) is 12.1 Å². The summed E-state index contributed by atoms with van der Waals surface area (Å²) >= 11 is 1.12. The summed E-state index contributed by atoms with van der Waals surface area (Å²) in [4.78, 5) is 0.899. The van der Waals surface area contributed by atoms with E-state index in [0.29, 0.717) is 18.2 Å². The number of hydrogen-bond donors (Lipinski definition) is 1. The van der Waals surface area contributed by atoms with Crippen LogP contribution in [-0.2, 0) is 6.54 Å². The van der Waals surface area contributed by atoms with Gasteiger partial charge >= 0.3 is 0 Å². The second kappa shape index (κ2) is 6.16. The lowest BCUT2D eigenvalue weighted by molar-refractivity contribution is 0.534. The molecule has 1 N–H and O–H groups in total. The highest BCUT2D eigenvalue weighted by molar-refractivity contribution is 7.99. The van der Waals surface area contributed by atoms with Crippen molar-refractivity contribution in [3.05, 3.63) is 59.2 Å². The molecule has 0 saturated heterocycles. The Bertz CT molecular complexity index is 613. The minimum Gasteiger partial charge on any atom is -0.310 e. The van der Waals surface area contributed by atoms with E-state index in [4.69, 9.17) is 0 Å². The van der Waals surface area contributed by atoms with Crippen molar-refractivity contribution in [2.75, 3.05) is 0 Å². The Labute approximate surface area is 127 Å². The number of benzene rings is 2. The molecule has 1 nitrogen and oxygen atoms in total. The van der Waals surface area contributed by atoms with Crippen molar-refractivity contribution in [3.8, 4) is 0 Å². The predicted molar refractivity (Wildman–Crippen MR) is 81.5 cm³/mol. The average molecular weight is 305 g/mol. The molecule has 0 aliphatic heterocycles. The summed E-state index contributed by atoms with van der Waals surface area (Å²) in [6.45, 7) is 2.51. The number of halogens is 2. The SMILES string of the molecule is Cc1ccc(Sc2c(F)cc(CNC3CC3)cc2F)cc1. The lowest BCUT2D eigenvalue weighted by Gasteiger charge is -2.09. The zero-order chi connectivity index (χ0) is 14.8. The molecule has 0 bridgehead atoms. The zero-order valence-corrected chi connectivity index (χ0v) is 12.6. The second-order valence-corrected chi connectivity index (χ2v) is 6.54. The monoisotopic (exact) mass is 305 g/mol. The quantitative estimate of drug-likeness (QED) is 0.861. The van der Waals surface area contributed by atoms with Crippen LogP contribution < -0.4 is 5.32 Å². The molecule has 2 aromatic carbocycles. The van der Waals surface area contributed by atoms with Crippen molar-refractivity contribution < 1.29 is 8.78 Å². The van der Waals surface area contributed by atoms with Crippen molar-refractivity contribution in [2.24, 2.45) is 0 Å². The van der Waals surface area contributed by atoms with Gasteiger partial charge < -0.3 is 5.32 Å². The fourth-order valence-electron chi connectivity index (χ4n) is 2.09. The van der Waals surface area contributed by atoms with E-state index < -0.39 is 11.6 Å². The Hall–Kier alpha value is -1.39. The van der Waals surface area contributed by atoms with Gasteiger partial charge in [-0.2, -0.15) is 0 Å². The van der Waals surface area contributed by atoms with Gasteiger partial charge in [-0.1, -0.05) is 29.5 Å². The average Bonchev–Trinajstić information content (AvgIpc) is 3.27. The van der Waals surface area contributed by atoms with Crippen LogP contribution in [0.15, 0.2) is 46.2 Å². The third kappa shape index (κ3) is 3.83. The maximum Gasteiger partial charge on any atom is 0.140 e. The molecule has 1 fully saturated rings. The van der Waals surface area contributed by atoms with Crippen LogP contribution in [0, 0.1) is 18.6 Å². The minimum absolute atomic E-state index is 0.0639. The standard InChI is InChI=1S/C17H17F2NS/c1-11-2-6-14(7-3-11)21-17-15(18)8-12(9-16(17)19)10-20-13-4-5-13/h2-3,6-9,13,20H,4-5,10H2,1H3. The molecule has 21 heavy (non-hydrogen) atoms. The molecule has 1 saturated carbocycles. The van der Waals surface area contributed by atoms with Gasteiger partial charge in [-0.05, 0) is 49.6 Å². The molecule has 0 unspecified atom stereocenters. The Morgan fingerprint density at radius 2 is 1.71 bits per heavy atom. The number of rotatable bonds is 5. The van der Waals surface area contributed by atoms with Gasteiger partial charge in [0.05, 0.1) is 4.90 Å². The Morgan fingerprint density at radius 3 is 2.29 bits per heavy atom. The lowest BCUT2D eigenvalue weighted by Crippen LogP contribution is -2.15. The van der Waals surface area contributed by atoms with Crippen LogP contribution in [-0.4, -0.2) is 6.04 Å². The van der Waals surface area contributed by atoms with E-state index in [2.05, 4.69) is 5.32 Å². The normalized spacial score (nSPS) is 14.4. The van der Waals surface area contributed by atoms with Crippen LogP contribution in [0.1, 0.15) is 24.0 Å². The van der Waals surface area contributed by atoms with Gasteiger partial charge in [-0.15, -0.1) is 0 Å². The molecule has 0 heterocycles. The van der Waals surface area contributed by atoms with Crippen molar-refractivity contribution in [1.82, 2.24) is 5.32 Å². The van der Waals surface area contributed by atoms with Crippen LogP contribution in [0.4, 0.5) is 8.78 Å². The van der Waals surface area contributed by atoms with Gasteiger partial charge in [0, 0.05) is 17.5 Å². The molecule has 0 atom stereocenters. The number of aryl methyl sites for hydroxylation is 1. The molecule has 0 radical (unpaired) electrons. The van der Waals surface area contributed by atoms with Crippen molar-refractivity contribution in [2.45, 2.75) is 42.1 Å². The molecule has 110 valence electrons. The summed E-state index contributed by atoms with van der Waals surface area (Å²) in [5.74, 6) is -0.985. The first-order valence-electron chi connectivity index (χ1n) is 7.07. The largest absolute Gasteiger partial charge is 0.310 e. The van der Waals surface area contributed by atoms with E-state index in [1.54, 1.807) is 0 Å². The van der Waals surface area contributed by atoms with E-state index in [-0.39, 0.29) is 4.90 Å². The first-order chi connectivity index (χ1) is 10.1. The maximum absolute atomic E-state index is 14.1. The molecule has 4 heteroatoms. The van der Waals surface area contributed by atoms with Gasteiger partial charge in [0.15, 0.2) is 0 Å². The molecular weight excluding hydrogens is 288 g/mol. The summed E-state index contributed by atoms with van der Waals surface area (Å²) in [5, 5.41) is 3.26. The van der Waals surface area contributed by atoms with Crippen LogP contribution in [0.2, 0.25) is 0 Å². The van der Waals surface area contributed by atoms with E-state index in [9.17, 15) is 8.78 Å². The number of nitrogens with one attached hydrogen (secondary N) is 1. The van der Waals surface area contributed by atoms with Crippen LogP contribution in [0.3, 0.4) is 0 Å². The Kier molecular flexibility index (Phi) is 4.27. The van der Waals surface area contributed by atoms with E-state index in [0.717, 1.165) is 35.1 Å². The molecule has 1 aliphatic rings. The van der Waals surface area contributed by atoms with Crippen molar-refractivity contribution in [3.63, 3.8) is 0 Å². The fraction of sp³-hybridized carbons (Fsp3) is 0.294. The predicted octanol–water partition coefficient (Wildman–Crippen LogP) is 4.68. The third-order valence-corrected chi connectivity index (χ3v) is 4.57. The summed E-state index contributed by atoms with van der Waals surface area (Å²) in [7, 11) is 0. The van der Waals surface area contributed by atoms with Gasteiger partial charge in [-0.25, -0.2) is 8.78 Å². The first-order valence-corrected chi connectivity index (χ1v) is 7.89. The second-order valence-electron chi connectivity index (χ2n) is 5.46. The van der Waals surface area contributed by atoms with Crippen molar-refractivity contribution >= 4 is 11.8 Å². The third-order valence-electron chi connectivity index (χ3n) is 3.47. The van der Waals surface area contributed by atoms with Gasteiger partial charge in [0.1, 0.15) is 11.6 Å². The van der Waals surface area contributed by atoms with Gasteiger partial charge in [-0.3, -0.25) is 0 Å². The first kappa shape index (κ1) is 14.5. The zero-order valence-electron chi connectivity index (χ0n) is 11.8. The molecule has 1 aliphatic carbocycles. The van der Waals surface area contributed by atoms with Crippen LogP contribution >= 0.6 is 11.8 Å². The van der Waals surface area contributed by atoms with E-state index >= 15 is 0 Å². The lowest BCUT2D eigenvalue weighted by atomic mass is 10.2. The number of hydrogen-bond acceptors (Lipinski definition) is 2. The summed E-state index contributed by atoms with van der Waals surface area (Å²) in [6, 6.07) is 11.0. The Balaban J connectivity index is 1.76. The highest BCUT2D eigenvalue weighted by Gasteiger charge is 2.20. The van der Waals surface area contributed by atoms with Crippen molar-refractivity contribution in [1.29, 1.82) is 0 Å². The van der Waals surface area contributed by atoms with Crippen LogP contribution in [0.5, 0.6) is 0 Å². The molecule has 0 aromatic heterocycles. The summed E-state index contributed by atoms with van der Waals surface area (Å²) in [5.41, 5.74) is 1.78. The molecule has 0 amide bonds. The molecule has 0 spiro atoms. The fourth-order valence-corrected chi connectivity index (χ4v) is 2.91. The van der Waals surface area contributed by atoms with E-state index in [1.807, 2.05) is 31.2 Å². The molecule has 2 aromatic rings. The van der Waals surface area contributed by atoms with Gasteiger partial charge in [0.25, 0.3) is 0 Å². The Morgan fingerprint density at radius 1 is 1.10 bits per heavy atom. The minimum atomic E-state index is -0.492. The summed E-state index contributed by atoms with van der Waals surface area (Å²) in [6.07, 6.45) is 2.32. The maximum atomic E-state index is 14.1. The molecular formula is C17H17F2NS. The smallest absolute Gasteiger partial charge is 0.140 e. The van der Waals surface area contributed by atoms with Crippen LogP contribution in [0.25, 0.3) is 0 Å². The topological polar surface area (TPSA) is 12.0 Å². The highest BCUT2D eigenvalue weighted by atomic mass is 32.2. The summed E-state index contributed by atoms with van der Waals surface area (Å²) < 4.78 is 28.3. The highest BCUT2D eigenvalue weighted by Crippen LogP contribution is 2.33.